The fourth-order valence-corrected chi connectivity index (χ4v) is 4.48. The molecule has 0 heterocycles. The number of rotatable bonds is 17. The van der Waals surface area contributed by atoms with E-state index in [4.69, 9.17) is 4.74 Å². The topological polar surface area (TPSA) is 67.4 Å². The average Bonchev–Trinajstić information content (AvgIpc) is 3.61. The standard InChI is InChI=1S/C24H37FN2O3S/c1-3-22(20-12-13-21(25)23(16-20)30-17-18-10-11-18)27-31-15-6-4-5-8-19(9-7-14-28)24(29)26-2/h12-14,16,18-19,22,27H,3-11,15,17H2,1-2H3,(H,26,29). The van der Waals surface area contributed by atoms with Crippen LogP contribution in [0.25, 0.3) is 0 Å². The quantitative estimate of drug-likeness (QED) is 0.193. The van der Waals surface area contributed by atoms with Crippen LogP contribution in [0.5, 0.6) is 5.75 Å². The summed E-state index contributed by atoms with van der Waals surface area (Å²) in [5, 5.41) is 2.69. The lowest BCUT2D eigenvalue weighted by Gasteiger charge is -2.18. The molecule has 0 radical (unpaired) electrons. The van der Waals surface area contributed by atoms with Crippen LogP contribution in [0, 0.1) is 17.7 Å². The summed E-state index contributed by atoms with van der Waals surface area (Å²) < 4.78 is 23.2. The lowest BCUT2D eigenvalue weighted by atomic mass is 9.95. The van der Waals surface area contributed by atoms with Gasteiger partial charge in [-0.1, -0.05) is 37.8 Å². The zero-order valence-corrected chi connectivity index (χ0v) is 19.6. The van der Waals surface area contributed by atoms with Crippen LogP contribution in [0.2, 0.25) is 0 Å². The van der Waals surface area contributed by atoms with Crippen LogP contribution in [0.1, 0.15) is 76.3 Å². The van der Waals surface area contributed by atoms with Gasteiger partial charge in [-0.2, -0.15) is 0 Å². The van der Waals surface area contributed by atoms with E-state index in [-0.39, 0.29) is 23.7 Å². The first-order valence-electron chi connectivity index (χ1n) is 11.5. The van der Waals surface area contributed by atoms with Crippen LogP contribution in [-0.2, 0) is 9.59 Å². The highest BCUT2D eigenvalue weighted by atomic mass is 32.2. The summed E-state index contributed by atoms with van der Waals surface area (Å²) in [5.41, 5.74) is 1.05. The molecule has 2 unspecified atom stereocenters. The first-order valence-corrected chi connectivity index (χ1v) is 12.5. The minimum absolute atomic E-state index is 0.0310. The summed E-state index contributed by atoms with van der Waals surface area (Å²) in [6, 6.07) is 5.31. The van der Waals surface area contributed by atoms with Gasteiger partial charge in [0.15, 0.2) is 11.6 Å². The molecule has 174 valence electrons. The summed E-state index contributed by atoms with van der Waals surface area (Å²) in [6.07, 6.45) is 9.13. The predicted molar refractivity (Wildman–Crippen MR) is 125 cm³/mol. The first-order chi connectivity index (χ1) is 15.1. The van der Waals surface area contributed by atoms with E-state index in [2.05, 4.69) is 17.0 Å². The van der Waals surface area contributed by atoms with Gasteiger partial charge >= 0.3 is 0 Å². The molecule has 1 aromatic rings. The Hall–Kier alpha value is -1.60. The van der Waals surface area contributed by atoms with Gasteiger partial charge < -0.3 is 14.8 Å². The fraction of sp³-hybridized carbons (Fsp3) is 0.667. The number of amides is 1. The molecule has 31 heavy (non-hydrogen) atoms. The molecule has 5 nitrogen and oxygen atoms in total. The van der Waals surface area contributed by atoms with Crippen molar-refractivity contribution in [1.82, 2.24) is 10.0 Å². The molecule has 2 atom stereocenters. The number of unbranched alkanes of at least 4 members (excludes halogenated alkanes) is 2. The van der Waals surface area contributed by atoms with E-state index >= 15 is 0 Å². The number of ether oxygens (including phenoxy) is 1. The van der Waals surface area contributed by atoms with E-state index in [0.29, 0.717) is 31.1 Å². The highest BCUT2D eigenvalue weighted by Gasteiger charge is 2.23. The van der Waals surface area contributed by atoms with Crippen LogP contribution in [0.3, 0.4) is 0 Å². The highest BCUT2D eigenvalue weighted by molar-refractivity contribution is 7.97. The van der Waals surface area contributed by atoms with Gasteiger partial charge in [-0.05, 0) is 62.1 Å². The number of hydrogen-bond donors (Lipinski definition) is 2. The third-order valence-electron chi connectivity index (χ3n) is 5.71. The highest BCUT2D eigenvalue weighted by Crippen LogP contribution is 2.31. The molecule has 0 aromatic heterocycles. The second-order valence-corrected chi connectivity index (χ2v) is 9.21. The SMILES string of the molecule is CCC(NSCCCCCC(CCC=O)C(=O)NC)c1ccc(F)c(OCC2CC2)c1. The van der Waals surface area contributed by atoms with Gasteiger partial charge in [0.05, 0.1) is 6.61 Å². The summed E-state index contributed by atoms with van der Waals surface area (Å²) >= 11 is 1.69. The van der Waals surface area contributed by atoms with E-state index in [1.807, 2.05) is 12.1 Å². The van der Waals surface area contributed by atoms with Crippen molar-refractivity contribution in [3.63, 3.8) is 0 Å². The number of aldehydes is 1. The Kier molecular flexibility index (Phi) is 12.0. The molecule has 0 saturated heterocycles. The molecule has 1 fully saturated rings. The zero-order valence-electron chi connectivity index (χ0n) is 18.8. The van der Waals surface area contributed by atoms with Gasteiger partial charge in [-0.25, -0.2) is 4.39 Å². The van der Waals surface area contributed by atoms with E-state index < -0.39 is 0 Å². The second-order valence-electron chi connectivity index (χ2n) is 8.28. The van der Waals surface area contributed by atoms with Gasteiger partial charge in [-0.3, -0.25) is 9.52 Å². The maximum Gasteiger partial charge on any atom is 0.222 e. The second kappa shape index (κ2) is 14.5. The third-order valence-corrected chi connectivity index (χ3v) is 6.66. The zero-order chi connectivity index (χ0) is 22.5. The van der Waals surface area contributed by atoms with Crippen molar-refractivity contribution < 1.29 is 18.7 Å². The number of hydrogen-bond acceptors (Lipinski definition) is 5. The average molecular weight is 453 g/mol. The molecule has 2 N–H and O–H groups in total. The van der Waals surface area contributed by atoms with Crippen LogP contribution >= 0.6 is 11.9 Å². The molecule has 1 saturated carbocycles. The van der Waals surface area contributed by atoms with Crippen LogP contribution in [-0.4, -0.2) is 31.6 Å². The maximum absolute atomic E-state index is 14.0. The Balaban J connectivity index is 1.67. The van der Waals surface area contributed by atoms with Crippen LogP contribution in [0.15, 0.2) is 18.2 Å². The van der Waals surface area contributed by atoms with E-state index in [1.165, 1.54) is 18.9 Å². The van der Waals surface area contributed by atoms with Crippen molar-refractivity contribution in [1.29, 1.82) is 0 Å². The van der Waals surface area contributed by atoms with Crippen molar-refractivity contribution in [3.8, 4) is 5.75 Å². The number of nitrogens with one attached hydrogen (secondary N) is 2. The molecule has 7 heteroatoms. The largest absolute Gasteiger partial charge is 0.490 e. The van der Waals surface area contributed by atoms with Crippen molar-refractivity contribution in [2.75, 3.05) is 19.4 Å². The number of benzene rings is 1. The Bertz CT molecular complexity index is 685. The van der Waals surface area contributed by atoms with Crippen molar-refractivity contribution in [2.24, 2.45) is 11.8 Å². The Morgan fingerprint density at radius 2 is 2.10 bits per heavy atom. The smallest absolute Gasteiger partial charge is 0.222 e. The number of carbonyl (C=O) groups excluding carboxylic acids is 2. The van der Waals surface area contributed by atoms with E-state index in [1.54, 1.807) is 19.0 Å². The lowest BCUT2D eigenvalue weighted by molar-refractivity contribution is -0.125. The van der Waals surface area contributed by atoms with Gasteiger partial charge in [-0.15, -0.1) is 0 Å². The maximum atomic E-state index is 14.0. The van der Waals surface area contributed by atoms with Crippen molar-refractivity contribution in [2.45, 2.75) is 70.8 Å². The Labute approximate surface area is 190 Å². The molecular formula is C24H37FN2O3S. The molecule has 2 rings (SSSR count). The summed E-state index contributed by atoms with van der Waals surface area (Å²) in [7, 11) is 1.64. The van der Waals surface area contributed by atoms with Crippen LogP contribution < -0.4 is 14.8 Å². The fourth-order valence-electron chi connectivity index (χ4n) is 3.51. The lowest BCUT2D eigenvalue weighted by Crippen LogP contribution is -2.27. The normalized spacial score (nSPS) is 15.3. The molecule has 1 aliphatic rings. The van der Waals surface area contributed by atoms with Gasteiger partial charge in [0.25, 0.3) is 0 Å². The molecule has 1 aromatic carbocycles. The van der Waals surface area contributed by atoms with Gasteiger partial charge in [0.1, 0.15) is 6.29 Å². The number of halogens is 1. The third kappa shape index (κ3) is 9.60. The van der Waals surface area contributed by atoms with Crippen molar-refractivity contribution in [3.05, 3.63) is 29.6 Å². The molecule has 1 aliphatic carbocycles. The Morgan fingerprint density at radius 3 is 2.77 bits per heavy atom. The van der Waals surface area contributed by atoms with Gasteiger partial charge in [0.2, 0.25) is 5.91 Å². The minimum Gasteiger partial charge on any atom is -0.490 e. The molecule has 0 aliphatic heterocycles. The van der Waals surface area contributed by atoms with Crippen LogP contribution in [0.4, 0.5) is 4.39 Å². The molecule has 0 bridgehead atoms. The first kappa shape index (κ1) is 25.7. The molecular weight excluding hydrogens is 415 g/mol. The summed E-state index contributed by atoms with van der Waals surface area (Å²) in [4.78, 5) is 22.5. The Morgan fingerprint density at radius 1 is 1.29 bits per heavy atom. The van der Waals surface area contributed by atoms with Crippen molar-refractivity contribution >= 4 is 24.1 Å². The molecule has 1 amide bonds. The monoisotopic (exact) mass is 452 g/mol. The minimum atomic E-state index is -0.296. The van der Waals surface area contributed by atoms with E-state index in [0.717, 1.165) is 49.7 Å². The molecule has 0 spiro atoms. The number of carbonyl (C=O) groups is 2. The predicted octanol–water partition coefficient (Wildman–Crippen LogP) is 5.21. The summed E-state index contributed by atoms with van der Waals surface area (Å²) in [6.45, 7) is 2.72. The summed E-state index contributed by atoms with van der Waals surface area (Å²) in [5.74, 6) is 1.59. The van der Waals surface area contributed by atoms with E-state index in [9.17, 15) is 14.0 Å². The van der Waals surface area contributed by atoms with Gasteiger partial charge in [0, 0.05) is 31.2 Å².